The highest BCUT2D eigenvalue weighted by Crippen LogP contribution is 2.30. The van der Waals surface area contributed by atoms with Crippen LogP contribution in [0.25, 0.3) is 0 Å². The van der Waals surface area contributed by atoms with Crippen molar-refractivity contribution in [1.29, 1.82) is 0 Å². The van der Waals surface area contributed by atoms with Gasteiger partial charge in [-0.05, 0) is 24.6 Å². The molecule has 1 aromatic carbocycles. The van der Waals surface area contributed by atoms with Crippen LogP contribution in [0, 0.1) is 0 Å². The number of rotatable bonds is 4. The molecule has 78 valence electrons. The fraction of sp³-hybridized carbons (Fsp3) is 0.231. The lowest BCUT2D eigenvalue weighted by Crippen LogP contribution is -1.88. The molecule has 1 nitrogen and oxygen atoms in total. The molecule has 0 fully saturated rings. The fourth-order valence-corrected chi connectivity index (χ4v) is 2.35. The Balaban J connectivity index is 1.90. The standard InChI is InChI=1S/C13H14OS/c1-11(12-6-3-2-4-7-12)15-10-13-8-5-9-14-13/h2-9,11H,10H2,1H3. The predicted molar refractivity (Wildman–Crippen MR) is 64.9 cm³/mol. The van der Waals surface area contributed by atoms with Gasteiger partial charge < -0.3 is 4.42 Å². The van der Waals surface area contributed by atoms with Gasteiger partial charge in [0.1, 0.15) is 5.76 Å². The van der Waals surface area contributed by atoms with Crippen LogP contribution in [0.4, 0.5) is 0 Å². The van der Waals surface area contributed by atoms with Crippen LogP contribution in [0.1, 0.15) is 23.5 Å². The Bertz CT molecular complexity index is 380. The quantitative estimate of drug-likeness (QED) is 0.760. The summed E-state index contributed by atoms with van der Waals surface area (Å²) in [7, 11) is 0. The SMILES string of the molecule is CC(SCc1ccco1)c1ccccc1. The van der Waals surface area contributed by atoms with E-state index in [2.05, 4.69) is 31.2 Å². The zero-order valence-corrected chi connectivity index (χ0v) is 9.54. The first-order valence-electron chi connectivity index (χ1n) is 5.05. The van der Waals surface area contributed by atoms with Crippen molar-refractivity contribution in [2.45, 2.75) is 17.9 Å². The molecule has 0 saturated heterocycles. The van der Waals surface area contributed by atoms with Gasteiger partial charge in [0.2, 0.25) is 0 Å². The lowest BCUT2D eigenvalue weighted by molar-refractivity contribution is 0.530. The summed E-state index contributed by atoms with van der Waals surface area (Å²) in [6.07, 6.45) is 1.73. The van der Waals surface area contributed by atoms with Gasteiger partial charge in [-0.2, -0.15) is 0 Å². The predicted octanol–water partition coefficient (Wildman–Crippen LogP) is 4.27. The van der Waals surface area contributed by atoms with E-state index in [4.69, 9.17) is 4.42 Å². The summed E-state index contributed by atoms with van der Waals surface area (Å²) in [6.45, 7) is 2.23. The van der Waals surface area contributed by atoms with E-state index < -0.39 is 0 Å². The molecular formula is C13H14OS. The molecule has 0 spiro atoms. The summed E-state index contributed by atoms with van der Waals surface area (Å²) in [4.78, 5) is 0. The third kappa shape index (κ3) is 2.90. The number of furan rings is 1. The van der Waals surface area contributed by atoms with Crippen molar-refractivity contribution in [1.82, 2.24) is 0 Å². The molecule has 1 unspecified atom stereocenters. The number of hydrogen-bond acceptors (Lipinski definition) is 2. The average Bonchev–Trinajstić information content (AvgIpc) is 2.80. The van der Waals surface area contributed by atoms with Crippen LogP contribution in [0.5, 0.6) is 0 Å². The summed E-state index contributed by atoms with van der Waals surface area (Å²) in [6, 6.07) is 14.5. The van der Waals surface area contributed by atoms with Gasteiger partial charge in [0, 0.05) is 5.25 Å². The van der Waals surface area contributed by atoms with Crippen LogP contribution in [-0.4, -0.2) is 0 Å². The Morgan fingerprint density at radius 1 is 1.13 bits per heavy atom. The summed E-state index contributed by atoms with van der Waals surface area (Å²) in [5.74, 6) is 1.98. The minimum Gasteiger partial charge on any atom is -0.468 e. The van der Waals surface area contributed by atoms with Crippen molar-refractivity contribution >= 4 is 11.8 Å². The highest BCUT2D eigenvalue weighted by Gasteiger charge is 2.06. The molecule has 0 amide bonds. The first-order chi connectivity index (χ1) is 7.36. The summed E-state index contributed by atoms with van der Waals surface area (Å²) < 4.78 is 5.30. The van der Waals surface area contributed by atoms with Gasteiger partial charge in [-0.1, -0.05) is 30.3 Å². The molecular weight excluding hydrogens is 204 g/mol. The van der Waals surface area contributed by atoms with Gasteiger partial charge in [0.05, 0.1) is 12.0 Å². The van der Waals surface area contributed by atoms with Crippen LogP contribution in [-0.2, 0) is 5.75 Å². The van der Waals surface area contributed by atoms with Crippen LogP contribution in [0.2, 0.25) is 0 Å². The molecule has 1 heterocycles. The van der Waals surface area contributed by atoms with Crippen molar-refractivity contribution in [3.8, 4) is 0 Å². The van der Waals surface area contributed by atoms with E-state index in [-0.39, 0.29) is 0 Å². The Hall–Kier alpha value is -1.15. The first kappa shape index (κ1) is 10.4. The lowest BCUT2D eigenvalue weighted by Gasteiger charge is -2.09. The second kappa shape index (κ2) is 5.08. The third-order valence-corrected chi connectivity index (χ3v) is 3.55. The minimum atomic E-state index is 0.510. The minimum absolute atomic E-state index is 0.510. The first-order valence-corrected chi connectivity index (χ1v) is 6.10. The zero-order chi connectivity index (χ0) is 10.5. The van der Waals surface area contributed by atoms with Crippen molar-refractivity contribution in [2.75, 3.05) is 0 Å². The van der Waals surface area contributed by atoms with Gasteiger partial charge in [-0.25, -0.2) is 0 Å². The molecule has 2 aromatic rings. The van der Waals surface area contributed by atoms with Gasteiger partial charge in [0.15, 0.2) is 0 Å². The van der Waals surface area contributed by atoms with Crippen LogP contribution < -0.4 is 0 Å². The third-order valence-electron chi connectivity index (χ3n) is 2.32. The normalized spacial score (nSPS) is 12.6. The molecule has 2 rings (SSSR count). The summed E-state index contributed by atoms with van der Waals surface area (Å²) >= 11 is 1.89. The van der Waals surface area contributed by atoms with Gasteiger partial charge >= 0.3 is 0 Å². The van der Waals surface area contributed by atoms with E-state index in [1.807, 2.05) is 30.0 Å². The van der Waals surface area contributed by atoms with Crippen molar-refractivity contribution in [2.24, 2.45) is 0 Å². The van der Waals surface area contributed by atoms with Crippen LogP contribution >= 0.6 is 11.8 Å². The number of benzene rings is 1. The maximum atomic E-state index is 5.30. The molecule has 0 aliphatic carbocycles. The fourth-order valence-electron chi connectivity index (χ4n) is 1.42. The van der Waals surface area contributed by atoms with Crippen molar-refractivity contribution in [3.05, 3.63) is 60.1 Å². The van der Waals surface area contributed by atoms with E-state index in [1.54, 1.807) is 6.26 Å². The lowest BCUT2D eigenvalue weighted by atomic mass is 10.2. The molecule has 0 saturated carbocycles. The Morgan fingerprint density at radius 3 is 2.60 bits per heavy atom. The van der Waals surface area contributed by atoms with Crippen molar-refractivity contribution < 1.29 is 4.42 Å². The molecule has 15 heavy (non-hydrogen) atoms. The summed E-state index contributed by atoms with van der Waals surface area (Å²) in [5.41, 5.74) is 1.37. The largest absolute Gasteiger partial charge is 0.468 e. The molecule has 0 aliphatic heterocycles. The molecule has 0 N–H and O–H groups in total. The van der Waals surface area contributed by atoms with Crippen LogP contribution in [0.3, 0.4) is 0 Å². The zero-order valence-electron chi connectivity index (χ0n) is 8.72. The van der Waals surface area contributed by atoms with Gasteiger partial charge in [-0.15, -0.1) is 11.8 Å². The van der Waals surface area contributed by atoms with Gasteiger partial charge in [-0.3, -0.25) is 0 Å². The second-order valence-electron chi connectivity index (χ2n) is 3.44. The molecule has 2 heteroatoms. The molecule has 1 aromatic heterocycles. The maximum absolute atomic E-state index is 5.30. The Kier molecular flexibility index (Phi) is 3.51. The van der Waals surface area contributed by atoms with E-state index in [9.17, 15) is 0 Å². The van der Waals surface area contributed by atoms with E-state index in [0.29, 0.717) is 5.25 Å². The summed E-state index contributed by atoms with van der Waals surface area (Å²) in [5, 5.41) is 0.510. The van der Waals surface area contributed by atoms with Crippen LogP contribution in [0.15, 0.2) is 53.1 Å². The molecule has 0 bridgehead atoms. The highest BCUT2D eigenvalue weighted by molar-refractivity contribution is 7.98. The van der Waals surface area contributed by atoms with E-state index in [0.717, 1.165) is 11.5 Å². The number of hydrogen-bond donors (Lipinski definition) is 0. The highest BCUT2D eigenvalue weighted by atomic mass is 32.2. The van der Waals surface area contributed by atoms with E-state index in [1.165, 1.54) is 5.56 Å². The molecule has 0 aliphatic rings. The average molecular weight is 218 g/mol. The second-order valence-corrected chi connectivity index (χ2v) is 4.77. The maximum Gasteiger partial charge on any atom is 0.113 e. The Labute approximate surface area is 94.5 Å². The van der Waals surface area contributed by atoms with E-state index >= 15 is 0 Å². The van der Waals surface area contributed by atoms with Gasteiger partial charge in [0.25, 0.3) is 0 Å². The topological polar surface area (TPSA) is 13.1 Å². The molecule has 1 atom stereocenters. The van der Waals surface area contributed by atoms with Crippen molar-refractivity contribution in [3.63, 3.8) is 0 Å². The molecule has 0 radical (unpaired) electrons. The monoisotopic (exact) mass is 218 g/mol. The Morgan fingerprint density at radius 2 is 1.93 bits per heavy atom. The smallest absolute Gasteiger partial charge is 0.113 e. The number of thioether (sulfide) groups is 1.